The van der Waals surface area contributed by atoms with Crippen molar-refractivity contribution in [1.82, 2.24) is 9.78 Å². The maximum absolute atomic E-state index is 14.1. The summed E-state index contributed by atoms with van der Waals surface area (Å²) in [6, 6.07) is 18.5. The average Bonchev–Trinajstić information content (AvgIpc) is 3.31. The minimum absolute atomic E-state index is 0.0371. The first kappa shape index (κ1) is 23.5. The molecular weight excluding hydrogens is 451 g/mol. The molecule has 0 saturated carbocycles. The maximum atomic E-state index is 14.1. The minimum atomic E-state index is -0.614. The lowest BCUT2D eigenvalue weighted by Crippen LogP contribution is -2.13. The van der Waals surface area contributed by atoms with Crippen molar-refractivity contribution >= 4 is 23.2 Å². The molecular formula is C26H23FN4O4. The molecule has 0 aliphatic rings. The highest BCUT2D eigenvalue weighted by atomic mass is 19.1. The standard InChI is InChI=1S/C26H23FN4O4/c1-16(32)28-23-13-17(9-11-22(23)27)29-26(33)21-15-31(18-7-5-4-6-8-18)30-25(21)20-14-19(34-2)10-12-24(20)35-3/h4-15H,1-3H3,(H,28,32)(H,29,33). The highest BCUT2D eigenvalue weighted by Crippen LogP contribution is 2.35. The van der Waals surface area contributed by atoms with Gasteiger partial charge in [-0.25, -0.2) is 9.07 Å². The lowest BCUT2D eigenvalue weighted by Gasteiger charge is -2.11. The van der Waals surface area contributed by atoms with E-state index in [1.807, 2.05) is 30.3 Å². The molecule has 0 unspecified atom stereocenters. The van der Waals surface area contributed by atoms with Gasteiger partial charge in [-0.1, -0.05) is 18.2 Å². The molecule has 0 fully saturated rings. The number of para-hydroxylation sites is 1. The first-order chi connectivity index (χ1) is 16.9. The van der Waals surface area contributed by atoms with E-state index in [1.54, 1.807) is 36.2 Å². The van der Waals surface area contributed by atoms with E-state index >= 15 is 0 Å². The Morgan fingerprint density at radius 3 is 2.40 bits per heavy atom. The van der Waals surface area contributed by atoms with Crippen molar-refractivity contribution in [2.75, 3.05) is 24.9 Å². The van der Waals surface area contributed by atoms with Crippen LogP contribution in [0.3, 0.4) is 0 Å². The summed E-state index contributed by atoms with van der Waals surface area (Å²) in [5.74, 6) is -0.443. The molecule has 35 heavy (non-hydrogen) atoms. The van der Waals surface area contributed by atoms with Crippen LogP contribution in [0.4, 0.5) is 15.8 Å². The normalized spacial score (nSPS) is 10.5. The molecule has 2 amide bonds. The van der Waals surface area contributed by atoms with Gasteiger partial charge in [0.2, 0.25) is 5.91 Å². The van der Waals surface area contributed by atoms with E-state index in [0.29, 0.717) is 28.4 Å². The van der Waals surface area contributed by atoms with Crippen molar-refractivity contribution in [1.29, 1.82) is 0 Å². The molecule has 2 N–H and O–H groups in total. The Kier molecular flexibility index (Phi) is 6.77. The summed E-state index contributed by atoms with van der Waals surface area (Å²) in [5.41, 5.74) is 2.20. The Morgan fingerprint density at radius 1 is 0.943 bits per heavy atom. The average molecular weight is 474 g/mol. The number of hydrogen-bond acceptors (Lipinski definition) is 5. The summed E-state index contributed by atoms with van der Waals surface area (Å²) >= 11 is 0. The number of carbonyl (C=O) groups excluding carboxylic acids is 2. The van der Waals surface area contributed by atoms with E-state index < -0.39 is 17.6 Å². The fourth-order valence-electron chi connectivity index (χ4n) is 3.54. The van der Waals surface area contributed by atoms with Crippen molar-refractivity contribution in [2.45, 2.75) is 6.92 Å². The first-order valence-corrected chi connectivity index (χ1v) is 10.7. The second-order valence-electron chi connectivity index (χ2n) is 7.57. The third kappa shape index (κ3) is 5.14. The van der Waals surface area contributed by atoms with Gasteiger partial charge in [0.25, 0.3) is 5.91 Å². The monoisotopic (exact) mass is 474 g/mol. The maximum Gasteiger partial charge on any atom is 0.259 e. The number of halogens is 1. The Balaban J connectivity index is 1.79. The summed E-state index contributed by atoms with van der Waals surface area (Å²) in [5, 5.41) is 9.83. The van der Waals surface area contributed by atoms with Gasteiger partial charge in [-0.15, -0.1) is 0 Å². The molecule has 0 aliphatic carbocycles. The summed E-state index contributed by atoms with van der Waals surface area (Å²) in [4.78, 5) is 24.8. The topological polar surface area (TPSA) is 94.5 Å². The van der Waals surface area contributed by atoms with Crippen LogP contribution in [-0.2, 0) is 4.79 Å². The molecule has 4 rings (SSSR count). The van der Waals surface area contributed by atoms with Crippen molar-refractivity contribution in [3.8, 4) is 28.4 Å². The van der Waals surface area contributed by atoms with Crippen LogP contribution in [0.2, 0.25) is 0 Å². The Labute approximate surface area is 201 Å². The van der Waals surface area contributed by atoms with E-state index in [9.17, 15) is 14.0 Å². The number of ether oxygens (including phenoxy) is 2. The molecule has 0 atom stereocenters. The van der Waals surface area contributed by atoms with Gasteiger partial charge in [-0.2, -0.15) is 5.10 Å². The number of nitrogens with one attached hydrogen (secondary N) is 2. The molecule has 0 aliphatic heterocycles. The first-order valence-electron chi connectivity index (χ1n) is 10.7. The fraction of sp³-hybridized carbons (Fsp3) is 0.115. The number of benzene rings is 3. The number of amides is 2. The van der Waals surface area contributed by atoms with Crippen LogP contribution in [0.25, 0.3) is 16.9 Å². The zero-order valence-corrected chi connectivity index (χ0v) is 19.3. The second kappa shape index (κ2) is 10.1. The molecule has 3 aromatic carbocycles. The summed E-state index contributed by atoms with van der Waals surface area (Å²) in [7, 11) is 3.07. The van der Waals surface area contributed by atoms with Crippen molar-refractivity contribution < 1.29 is 23.5 Å². The zero-order chi connectivity index (χ0) is 24.9. The second-order valence-corrected chi connectivity index (χ2v) is 7.57. The van der Waals surface area contributed by atoms with Crippen molar-refractivity contribution in [3.63, 3.8) is 0 Å². The molecule has 0 spiro atoms. The van der Waals surface area contributed by atoms with Gasteiger partial charge in [0, 0.05) is 24.4 Å². The van der Waals surface area contributed by atoms with E-state index in [-0.39, 0.29) is 11.3 Å². The van der Waals surface area contributed by atoms with Crippen molar-refractivity contribution in [2.24, 2.45) is 0 Å². The number of methoxy groups -OCH3 is 2. The quantitative estimate of drug-likeness (QED) is 0.397. The van der Waals surface area contributed by atoms with Gasteiger partial charge >= 0.3 is 0 Å². The van der Waals surface area contributed by atoms with Crippen LogP contribution in [0, 0.1) is 5.82 Å². The highest BCUT2D eigenvalue weighted by Gasteiger charge is 2.22. The fourth-order valence-corrected chi connectivity index (χ4v) is 3.54. The van der Waals surface area contributed by atoms with E-state index in [1.165, 1.54) is 32.2 Å². The van der Waals surface area contributed by atoms with Gasteiger partial charge in [0.1, 0.15) is 23.0 Å². The third-order valence-corrected chi connectivity index (χ3v) is 5.18. The molecule has 178 valence electrons. The van der Waals surface area contributed by atoms with Crippen LogP contribution in [0.1, 0.15) is 17.3 Å². The van der Waals surface area contributed by atoms with Crippen LogP contribution in [-0.4, -0.2) is 35.8 Å². The van der Waals surface area contributed by atoms with Gasteiger partial charge < -0.3 is 20.1 Å². The van der Waals surface area contributed by atoms with Crippen LogP contribution >= 0.6 is 0 Å². The number of nitrogens with zero attached hydrogens (tertiary/aromatic N) is 2. The molecule has 4 aromatic rings. The third-order valence-electron chi connectivity index (χ3n) is 5.18. The lowest BCUT2D eigenvalue weighted by atomic mass is 10.1. The van der Waals surface area contributed by atoms with Crippen LogP contribution in [0.15, 0.2) is 72.9 Å². The number of carbonyl (C=O) groups is 2. The SMILES string of the molecule is COc1ccc(OC)c(-c2nn(-c3ccccc3)cc2C(=O)Nc2ccc(F)c(NC(C)=O)c2)c1. The molecule has 0 radical (unpaired) electrons. The molecule has 9 heteroatoms. The van der Waals surface area contributed by atoms with Crippen LogP contribution in [0.5, 0.6) is 11.5 Å². The summed E-state index contributed by atoms with van der Waals surface area (Å²) < 4.78 is 26.5. The number of hydrogen-bond donors (Lipinski definition) is 2. The van der Waals surface area contributed by atoms with Gasteiger partial charge in [0.15, 0.2) is 0 Å². The predicted octanol–water partition coefficient (Wildman–Crippen LogP) is 4.91. The Hall–Kier alpha value is -4.66. The summed E-state index contributed by atoms with van der Waals surface area (Å²) in [6.07, 6.45) is 1.61. The van der Waals surface area contributed by atoms with E-state index in [4.69, 9.17) is 9.47 Å². The van der Waals surface area contributed by atoms with Crippen LogP contribution < -0.4 is 20.1 Å². The Bertz CT molecular complexity index is 1390. The smallest absolute Gasteiger partial charge is 0.259 e. The number of rotatable bonds is 7. The van der Waals surface area contributed by atoms with Gasteiger partial charge in [0.05, 0.1) is 31.2 Å². The highest BCUT2D eigenvalue weighted by molar-refractivity contribution is 6.08. The number of aromatic nitrogens is 2. The Morgan fingerprint density at radius 2 is 1.71 bits per heavy atom. The molecule has 1 aromatic heterocycles. The van der Waals surface area contributed by atoms with Gasteiger partial charge in [-0.05, 0) is 48.5 Å². The van der Waals surface area contributed by atoms with E-state index in [0.717, 1.165) is 5.69 Å². The van der Waals surface area contributed by atoms with Gasteiger partial charge in [-0.3, -0.25) is 9.59 Å². The molecule has 0 saturated heterocycles. The predicted molar refractivity (Wildman–Crippen MR) is 131 cm³/mol. The molecule has 1 heterocycles. The summed E-state index contributed by atoms with van der Waals surface area (Å²) in [6.45, 7) is 1.27. The number of anilines is 2. The lowest BCUT2D eigenvalue weighted by molar-refractivity contribution is -0.114. The minimum Gasteiger partial charge on any atom is -0.497 e. The van der Waals surface area contributed by atoms with E-state index in [2.05, 4.69) is 15.7 Å². The van der Waals surface area contributed by atoms with Crippen molar-refractivity contribution in [3.05, 3.63) is 84.3 Å². The molecule has 8 nitrogen and oxygen atoms in total. The largest absolute Gasteiger partial charge is 0.497 e. The zero-order valence-electron chi connectivity index (χ0n) is 19.3. The molecule has 0 bridgehead atoms.